The quantitative estimate of drug-likeness (QED) is 0.752. The largest absolute Gasteiger partial charge is 0.394 e. The summed E-state index contributed by atoms with van der Waals surface area (Å²) in [6.07, 6.45) is 5.85. The third kappa shape index (κ3) is 3.74. The van der Waals surface area contributed by atoms with Crippen molar-refractivity contribution < 1.29 is 9.32 Å². The molecular formula is C18H21ClN6O2S. The summed E-state index contributed by atoms with van der Waals surface area (Å²) in [5.41, 5.74) is 1.20. The predicted molar refractivity (Wildman–Crippen MR) is 109 cm³/mol. The summed E-state index contributed by atoms with van der Waals surface area (Å²) in [7, 11) is -1.13. The van der Waals surface area contributed by atoms with Gasteiger partial charge in [-0.3, -0.25) is 4.21 Å². The number of hydrogen-bond donors (Lipinski definition) is 2. The van der Waals surface area contributed by atoms with Gasteiger partial charge in [-0.25, -0.2) is 15.0 Å². The van der Waals surface area contributed by atoms with Crippen LogP contribution in [0.4, 0.5) is 11.8 Å². The van der Waals surface area contributed by atoms with E-state index < -0.39 is 16.3 Å². The van der Waals surface area contributed by atoms with Crippen molar-refractivity contribution in [3.05, 3.63) is 35.0 Å². The van der Waals surface area contributed by atoms with Gasteiger partial charge in [0.1, 0.15) is 10.7 Å². The van der Waals surface area contributed by atoms with E-state index in [0.29, 0.717) is 52.8 Å². The highest BCUT2D eigenvalue weighted by Crippen LogP contribution is 2.32. The van der Waals surface area contributed by atoms with E-state index in [9.17, 15) is 9.32 Å². The number of nitrogens with one attached hydrogen (secondary N) is 1. The summed E-state index contributed by atoms with van der Waals surface area (Å²) in [6.45, 7) is 4.87. The second kappa shape index (κ2) is 7.38. The average molecular weight is 421 g/mol. The third-order valence-corrected chi connectivity index (χ3v) is 6.29. The van der Waals surface area contributed by atoms with Crippen molar-refractivity contribution in [2.45, 2.75) is 30.7 Å². The Bertz CT molecular complexity index is 963. The van der Waals surface area contributed by atoms with Gasteiger partial charge < -0.3 is 15.3 Å². The fraction of sp³-hybridized carbons (Fsp3) is 0.444. The Morgan fingerprint density at radius 3 is 2.79 bits per heavy atom. The van der Waals surface area contributed by atoms with Gasteiger partial charge in [0.15, 0.2) is 5.82 Å². The molecule has 0 saturated carbocycles. The lowest BCUT2D eigenvalue weighted by Gasteiger charge is -2.26. The molecule has 2 aromatic heterocycles. The second-order valence-electron chi connectivity index (χ2n) is 7.45. The number of aromatic nitrogens is 4. The van der Waals surface area contributed by atoms with Gasteiger partial charge in [-0.15, -0.1) is 0 Å². The van der Waals surface area contributed by atoms with Crippen LogP contribution in [-0.2, 0) is 17.2 Å². The molecule has 0 bridgehead atoms. The van der Waals surface area contributed by atoms with E-state index in [4.69, 9.17) is 11.6 Å². The van der Waals surface area contributed by atoms with Crippen molar-refractivity contribution in [1.82, 2.24) is 19.9 Å². The molecule has 2 aliphatic heterocycles. The number of nitrogens with zero attached hydrogens (tertiary/aromatic N) is 5. The molecule has 0 unspecified atom stereocenters. The highest BCUT2D eigenvalue weighted by atomic mass is 35.5. The number of aliphatic hydroxyl groups is 1. The van der Waals surface area contributed by atoms with Gasteiger partial charge in [0.05, 0.1) is 33.7 Å². The van der Waals surface area contributed by atoms with E-state index in [0.717, 1.165) is 11.3 Å². The van der Waals surface area contributed by atoms with Crippen LogP contribution in [0.25, 0.3) is 5.57 Å². The number of anilines is 2. The number of aliphatic hydroxyl groups excluding tert-OH is 1. The maximum Gasteiger partial charge on any atom is 0.228 e. The van der Waals surface area contributed by atoms with Crippen LogP contribution in [0, 0.1) is 0 Å². The highest BCUT2D eigenvalue weighted by Gasteiger charge is 2.30. The maximum absolute atomic E-state index is 12.4. The number of rotatable bonds is 5. The fourth-order valence-corrected chi connectivity index (χ4v) is 4.52. The molecule has 0 fully saturated rings. The fourth-order valence-electron chi connectivity index (χ4n) is 3.12. The molecule has 10 heteroatoms. The van der Waals surface area contributed by atoms with Gasteiger partial charge in [0, 0.05) is 43.2 Å². The van der Waals surface area contributed by atoms with Gasteiger partial charge >= 0.3 is 0 Å². The van der Waals surface area contributed by atoms with Crippen LogP contribution in [0.1, 0.15) is 25.4 Å². The highest BCUT2D eigenvalue weighted by molar-refractivity contribution is 7.85. The average Bonchev–Trinajstić information content (AvgIpc) is 3.30. The van der Waals surface area contributed by atoms with Crippen LogP contribution < -0.4 is 10.2 Å². The van der Waals surface area contributed by atoms with E-state index in [2.05, 4.69) is 25.3 Å². The van der Waals surface area contributed by atoms with Crippen LogP contribution in [0.2, 0.25) is 5.02 Å². The monoisotopic (exact) mass is 420 g/mol. The first-order chi connectivity index (χ1) is 13.4. The minimum Gasteiger partial charge on any atom is -0.394 e. The molecule has 0 aliphatic carbocycles. The zero-order valence-electron chi connectivity index (χ0n) is 15.6. The van der Waals surface area contributed by atoms with E-state index in [1.165, 1.54) is 0 Å². The maximum atomic E-state index is 12.4. The third-order valence-electron chi connectivity index (χ3n) is 4.64. The van der Waals surface area contributed by atoms with E-state index >= 15 is 0 Å². The summed E-state index contributed by atoms with van der Waals surface area (Å²) < 4.78 is 12.4. The summed E-state index contributed by atoms with van der Waals surface area (Å²) >= 11 is 5.87. The Balaban J connectivity index is 1.62. The summed E-state index contributed by atoms with van der Waals surface area (Å²) in [5.74, 6) is 2.28. The first kappa shape index (κ1) is 19.2. The molecule has 2 aliphatic rings. The molecule has 148 valence electrons. The normalized spacial score (nSPS) is 18.9. The van der Waals surface area contributed by atoms with E-state index in [-0.39, 0.29) is 6.61 Å². The van der Waals surface area contributed by atoms with Gasteiger partial charge in [0.2, 0.25) is 5.95 Å². The molecule has 0 radical (unpaired) electrons. The summed E-state index contributed by atoms with van der Waals surface area (Å²) in [5, 5.41) is 13.3. The molecular weight excluding hydrogens is 400 g/mol. The van der Waals surface area contributed by atoms with Crippen LogP contribution in [-0.4, -0.2) is 60.2 Å². The second-order valence-corrected chi connectivity index (χ2v) is 9.39. The van der Waals surface area contributed by atoms with Gasteiger partial charge in [-0.1, -0.05) is 17.7 Å². The van der Waals surface area contributed by atoms with Gasteiger partial charge in [-0.2, -0.15) is 4.98 Å². The standard InChI is InChI=1S/C18H21ClN6O2S/c1-18(2,10-26)24-16-14-13(4-6-28(14)27)22-17(23-16)25-5-3-11(9-25)15-20-7-12(19)8-21-15/h3,7-8,26H,4-6,9-10H2,1-2H3,(H,22,23,24)/t28-/m1/s1. The molecule has 2 N–H and O–H groups in total. The minimum absolute atomic E-state index is 0.0724. The lowest BCUT2D eigenvalue weighted by molar-refractivity contribution is 0.233. The Hall–Kier alpha value is -2.10. The number of halogens is 1. The van der Waals surface area contributed by atoms with Crippen molar-refractivity contribution in [2.75, 3.05) is 35.7 Å². The van der Waals surface area contributed by atoms with Crippen LogP contribution in [0.5, 0.6) is 0 Å². The van der Waals surface area contributed by atoms with Crippen LogP contribution in [0.15, 0.2) is 23.4 Å². The number of aryl methyl sites for hydroxylation is 1. The van der Waals surface area contributed by atoms with Gasteiger partial charge in [0.25, 0.3) is 0 Å². The molecule has 1 atom stereocenters. The van der Waals surface area contributed by atoms with Crippen molar-refractivity contribution in [2.24, 2.45) is 0 Å². The van der Waals surface area contributed by atoms with Gasteiger partial charge in [-0.05, 0) is 13.8 Å². The first-order valence-electron chi connectivity index (χ1n) is 8.96. The smallest absolute Gasteiger partial charge is 0.228 e. The first-order valence-corrected chi connectivity index (χ1v) is 10.7. The molecule has 0 amide bonds. The number of fused-ring (bicyclic) bond motifs is 1. The van der Waals surface area contributed by atoms with E-state index in [1.54, 1.807) is 12.4 Å². The summed E-state index contributed by atoms with van der Waals surface area (Å²) in [4.78, 5) is 20.5. The molecule has 0 saturated heterocycles. The molecule has 28 heavy (non-hydrogen) atoms. The molecule has 2 aromatic rings. The van der Waals surface area contributed by atoms with Crippen molar-refractivity contribution in [3.8, 4) is 0 Å². The predicted octanol–water partition coefficient (Wildman–Crippen LogP) is 1.67. The zero-order valence-corrected chi connectivity index (χ0v) is 17.2. The van der Waals surface area contributed by atoms with Crippen molar-refractivity contribution in [1.29, 1.82) is 0 Å². The SMILES string of the molecule is CC(C)(CO)Nc1nc(N2CC=C(c3ncc(Cl)cn3)C2)nc2c1[S@](=O)CC2. The van der Waals surface area contributed by atoms with Crippen LogP contribution >= 0.6 is 11.6 Å². The van der Waals surface area contributed by atoms with Crippen LogP contribution in [0.3, 0.4) is 0 Å². The Morgan fingerprint density at radius 1 is 1.32 bits per heavy atom. The summed E-state index contributed by atoms with van der Waals surface area (Å²) in [6, 6.07) is 0. The molecule has 0 aromatic carbocycles. The van der Waals surface area contributed by atoms with E-state index in [1.807, 2.05) is 24.8 Å². The Labute approximate surface area is 170 Å². The lowest BCUT2D eigenvalue weighted by Crippen LogP contribution is -2.36. The number of hydrogen-bond acceptors (Lipinski definition) is 8. The zero-order chi connectivity index (χ0) is 19.9. The molecule has 4 rings (SSSR count). The molecule has 4 heterocycles. The Morgan fingerprint density at radius 2 is 2.07 bits per heavy atom. The topological polar surface area (TPSA) is 104 Å². The molecule has 8 nitrogen and oxygen atoms in total. The Kier molecular flexibility index (Phi) is 5.07. The molecule has 0 spiro atoms. The lowest BCUT2D eigenvalue weighted by atomic mass is 10.1. The van der Waals surface area contributed by atoms with Crippen molar-refractivity contribution >= 4 is 39.7 Å². The minimum atomic E-state index is -1.13. The van der Waals surface area contributed by atoms with Crippen molar-refractivity contribution in [3.63, 3.8) is 0 Å².